The molecule has 7 heteroatoms. The smallest absolute Gasteiger partial charge is 0.253 e. The number of piperidine rings is 1. The van der Waals surface area contributed by atoms with Crippen molar-refractivity contribution >= 4 is 16.9 Å². The van der Waals surface area contributed by atoms with Crippen LogP contribution in [-0.4, -0.2) is 67.5 Å². The first kappa shape index (κ1) is 27.4. The molecule has 0 aliphatic carbocycles. The van der Waals surface area contributed by atoms with Gasteiger partial charge in [-0.05, 0) is 81.8 Å². The van der Waals surface area contributed by atoms with Crippen LogP contribution in [0.15, 0.2) is 30.7 Å². The Labute approximate surface area is 222 Å². The highest BCUT2D eigenvalue weighted by Gasteiger charge is 2.21. The van der Waals surface area contributed by atoms with E-state index in [2.05, 4.69) is 53.1 Å². The number of hydrogen-bond acceptors (Lipinski definition) is 4. The molecular formula is C30H46N6O. The Bertz CT molecular complexity index is 1140. The van der Waals surface area contributed by atoms with E-state index in [1.54, 1.807) is 0 Å². The average molecular weight is 507 g/mol. The Morgan fingerprint density at radius 2 is 1.70 bits per heavy atom. The van der Waals surface area contributed by atoms with E-state index in [-0.39, 0.29) is 5.91 Å². The van der Waals surface area contributed by atoms with Crippen molar-refractivity contribution in [2.75, 3.05) is 32.7 Å². The van der Waals surface area contributed by atoms with Gasteiger partial charge in [-0.2, -0.15) is 0 Å². The molecule has 1 fully saturated rings. The zero-order valence-electron chi connectivity index (χ0n) is 23.6. The van der Waals surface area contributed by atoms with Crippen molar-refractivity contribution in [1.82, 2.24) is 28.9 Å². The summed E-state index contributed by atoms with van der Waals surface area (Å²) in [7, 11) is 2.01. The summed E-state index contributed by atoms with van der Waals surface area (Å²) in [5.74, 6) is 2.19. The lowest BCUT2D eigenvalue weighted by atomic mass is 10.1. The van der Waals surface area contributed by atoms with Gasteiger partial charge in [0.1, 0.15) is 5.69 Å². The van der Waals surface area contributed by atoms with Gasteiger partial charge in [0.2, 0.25) is 0 Å². The third-order valence-corrected chi connectivity index (χ3v) is 7.59. The Kier molecular flexibility index (Phi) is 9.41. The summed E-state index contributed by atoms with van der Waals surface area (Å²) in [6.45, 7) is 14.9. The lowest BCUT2D eigenvalue weighted by molar-refractivity contribution is 0.0741. The maximum atomic E-state index is 13.7. The Morgan fingerprint density at radius 3 is 2.32 bits per heavy atom. The molecule has 0 unspecified atom stereocenters. The zero-order chi connectivity index (χ0) is 26.4. The molecule has 0 spiro atoms. The number of imidazole rings is 2. The molecule has 0 N–H and O–H groups in total. The van der Waals surface area contributed by atoms with E-state index in [1.807, 2.05) is 36.3 Å². The third kappa shape index (κ3) is 7.01. The second kappa shape index (κ2) is 12.7. The van der Waals surface area contributed by atoms with Gasteiger partial charge >= 0.3 is 0 Å². The van der Waals surface area contributed by atoms with Gasteiger partial charge < -0.3 is 18.9 Å². The molecular weight excluding hydrogens is 460 g/mol. The number of aryl methyl sites for hydroxylation is 2. The fraction of sp³-hybridized carbons (Fsp3) is 0.633. The van der Waals surface area contributed by atoms with Crippen LogP contribution >= 0.6 is 0 Å². The molecule has 0 saturated carbocycles. The number of carbonyl (C=O) groups is 1. The average Bonchev–Trinajstić information content (AvgIpc) is 3.46. The van der Waals surface area contributed by atoms with Crippen molar-refractivity contribution in [2.45, 2.75) is 72.8 Å². The number of carbonyl (C=O) groups excluding carboxylic acids is 1. The minimum atomic E-state index is 0.131. The molecule has 1 aromatic carbocycles. The summed E-state index contributed by atoms with van der Waals surface area (Å²) in [4.78, 5) is 27.7. The summed E-state index contributed by atoms with van der Waals surface area (Å²) in [6, 6.07) is 6.05. The Balaban J connectivity index is 1.63. The molecule has 4 rings (SSSR count). The third-order valence-electron chi connectivity index (χ3n) is 7.59. The number of benzene rings is 1. The van der Waals surface area contributed by atoms with Gasteiger partial charge in [0.25, 0.3) is 5.91 Å². The first-order valence-electron chi connectivity index (χ1n) is 14.3. The highest BCUT2D eigenvalue weighted by atomic mass is 16.2. The van der Waals surface area contributed by atoms with Crippen molar-refractivity contribution in [3.8, 4) is 11.5 Å². The summed E-state index contributed by atoms with van der Waals surface area (Å²) in [6.07, 6.45) is 10.8. The second-order valence-electron chi connectivity index (χ2n) is 11.6. The quantitative estimate of drug-likeness (QED) is 0.309. The molecule has 1 aliphatic heterocycles. The minimum absolute atomic E-state index is 0.131. The van der Waals surface area contributed by atoms with Crippen molar-refractivity contribution in [2.24, 2.45) is 18.9 Å². The molecule has 37 heavy (non-hydrogen) atoms. The van der Waals surface area contributed by atoms with E-state index in [1.165, 1.54) is 32.4 Å². The molecule has 0 bridgehead atoms. The normalized spacial score (nSPS) is 14.8. The number of likely N-dealkylation sites (tertiary alicyclic amines) is 1. The number of aromatic nitrogens is 4. The van der Waals surface area contributed by atoms with Crippen molar-refractivity contribution < 1.29 is 4.79 Å². The van der Waals surface area contributed by atoms with E-state index in [4.69, 9.17) is 4.98 Å². The van der Waals surface area contributed by atoms with Crippen LogP contribution in [0.1, 0.15) is 76.6 Å². The van der Waals surface area contributed by atoms with E-state index < -0.39 is 0 Å². The van der Waals surface area contributed by atoms with Gasteiger partial charge in [0.05, 0.1) is 23.6 Å². The molecule has 202 valence electrons. The largest absolute Gasteiger partial charge is 0.339 e. The predicted octanol–water partition coefficient (Wildman–Crippen LogP) is 5.85. The molecule has 1 amide bonds. The van der Waals surface area contributed by atoms with Crippen LogP contribution in [0.4, 0.5) is 0 Å². The zero-order valence-corrected chi connectivity index (χ0v) is 23.6. The molecule has 1 aliphatic rings. The maximum Gasteiger partial charge on any atom is 0.253 e. The van der Waals surface area contributed by atoms with E-state index >= 15 is 0 Å². The lowest BCUT2D eigenvalue weighted by Gasteiger charge is -2.26. The van der Waals surface area contributed by atoms with Gasteiger partial charge in [0, 0.05) is 32.2 Å². The first-order valence-corrected chi connectivity index (χ1v) is 14.3. The maximum absolute atomic E-state index is 13.7. The van der Waals surface area contributed by atoms with Crippen LogP contribution in [0.5, 0.6) is 0 Å². The fourth-order valence-corrected chi connectivity index (χ4v) is 5.21. The molecule has 2 aromatic heterocycles. The first-order chi connectivity index (χ1) is 17.8. The number of rotatable bonds is 12. The SMILES string of the molecule is CC(C)CCN(CCC(C)C)C(=O)c1ccc2nc(-c3cncn3C)n(CCCN3CCCCC3)c2c1. The number of fused-ring (bicyclic) bond motifs is 1. The van der Waals surface area contributed by atoms with Crippen LogP contribution in [-0.2, 0) is 13.6 Å². The minimum Gasteiger partial charge on any atom is -0.339 e. The number of nitrogens with zero attached hydrogens (tertiary/aromatic N) is 6. The van der Waals surface area contributed by atoms with Gasteiger partial charge in [-0.1, -0.05) is 34.1 Å². The number of amides is 1. The summed E-state index contributed by atoms with van der Waals surface area (Å²) >= 11 is 0. The molecule has 1 saturated heterocycles. The van der Waals surface area contributed by atoms with E-state index in [0.717, 1.165) is 73.6 Å². The van der Waals surface area contributed by atoms with Crippen molar-refractivity contribution in [3.05, 3.63) is 36.3 Å². The Morgan fingerprint density at radius 1 is 1.00 bits per heavy atom. The highest BCUT2D eigenvalue weighted by Crippen LogP contribution is 2.27. The van der Waals surface area contributed by atoms with Gasteiger partial charge in [0.15, 0.2) is 5.82 Å². The van der Waals surface area contributed by atoms with Gasteiger partial charge in [-0.25, -0.2) is 9.97 Å². The van der Waals surface area contributed by atoms with Gasteiger partial charge in [-0.15, -0.1) is 0 Å². The highest BCUT2D eigenvalue weighted by molar-refractivity contribution is 5.98. The van der Waals surface area contributed by atoms with Gasteiger partial charge in [-0.3, -0.25) is 4.79 Å². The molecule has 7 nitrogen and oxygen atoms in total. The topological polar surface area (TPSA) is 59.2 Å². The fourth-order valence-electron chi connectivity index (χ4n) is 5.21. The second-order valence-corrected chi connectivity index (χ2v) is 11.6. The summed E-state index contributed by atoms with van der Waals surface area (Å²) < 4.78 is 4.33. The predicted molar refractivity (Wildman–Crippen MR) is 152 cm³/mol. The lowest BCUT2D eigenvalue weighted by Crippen LogP contribution is -2.34. The van der Waals surface area contributed by atoms with Crippen LogP contribution in [0.2, 0.25) is 0 Å². The van der Waals surface area contributed by atoms with Crippen molar-refractivity contribution in [3.63, 3.8) is 0 Å². The molecule has 0 atom stereocenters. The van der Waals surface area contributed by atoms with Crippen molar-refractivity contribution in [1.29, 1.82) is 0 Å². The van der Waals surface area contributed by atoms with Crippen LogP contribution < -0.4 is 0 Å². The van der Waals surface area contributed by atoms with E-state index in [9.17, 15) is 4.79 Å². The van der Waals surface area contributed by atoms with Crippen LogP contribution in [0.25, 0.3) is 22.6 Å². The van der Waals surface area contributed by atoms with Crippen LogP contribution in [0.3, 0.4) is 0 Å². The standard InChI is InChI=1S/C30H46N6O/c1-23(2)12-18-35(19-13-24(3)4)30(37)25-10-11-26-27(20-25)36(17-9-16-34-14-7-6-8-15-34)29(32-26)28-21-31-22-33(28)5/h10-11,20-24H,6-9,12-19H2,1-5H3. The monoisotopic (exact) mass is 506 g/mol. The summed E-state index contributed by atoms with van der Waals surface area (Å²) in [5.41, 5.74) is 3.72. The van der Waals surface area contributed by atoms with E-state index in [0.29, 0.717) is 11.8 Å². The van der Waals surface area contributed by atoms with Crippen LogP contribution in [0, 0.1) is 11.8 Å². The molecule has 0 radical (unpaired) electrons. The number of hydrogen-bond donors (Lipinski definition) is 0. The summed E-state index contributed by atoms with van der Waals surface area (Å²) in [5, 5.41) is 0. The molecule has 3 aromatic rings. The Hall–Kier alpha value is -2.67. The molecule has 3 heterocycles.